The summed E-state index contributed by atoms with van der Waals surface area (Å²) in [6.07, 6.45) is 0.725. The summed E-state index contributed by atoms with van der Waals surface area (Å²) in [6, 6.07) is 0.944. The van der Waals surface area contributed by atoms with E-state index in [2.05, 4.69) is 4.98 Å². The Morgan fingerprint density at radius 1 is 1.63 bits per heavy atom. The van der Waals surface area contributed by atoms with Crippen LogP contribution in [0.3, 0.4) is 0 Å². The van der Waals surface area contributed by atoms with Crippen LogP contribution in [0, 0.1) is 10.1 Å². The van der Waals surface area contributed by atoms with Crippen LogP contribution in [-0.4, -0.2) is 45.5 Å². The van der Waals surface area contributed by atoms with Crippen LogP contribution in [0.1, 0.15) is 23.7 Å². The van der Waals surface area contributed by atoms with Crippen LogP contribution < -0.4 is 5.56 Å². The summed E-state index contributed by atoms with van der Waals surface area (Å²) in [4.78, 5) is 36.8. The van der Waals surface area contributed by atoms with E-state index < -0.39 is 22.5 Å². The number of aromatic nitrogens is 1. The molecule has 0 aliphatic heterocycles. The van der Waals surface area contributed by atoms with Crippen molar-refractivity contribution >= 4 is 11.6 Å². The first-order valence-corrected chi connectivity index (χ1v) is 5.63. The molecule has 0 aliphatic carbocycles. The average molecular weight is 269 g/mol. The smallest absolute Gasteiger partial charge is 0.286 e. The van der Waals surface area contributed by atoms with Gasteiger partial charge in [-0.05, 0) is 13.3 Å². The van der Waals surface area contributed by atoms with Gasteiger partial charge in [0.1, 0.15) is 5.56 Å². The second kappa shape index (κ2) is 6.10. The highest BCUT2D eigenvalue weighted by Crippen LogP contribution is 2.10. The Bertz CT molecular complexity index is 537. The van der Waals surface area contributed by atoms with E-state index in [1.807, 2.05) is 0 Å². The summed E-state index contributed by atoms with van der Waals surface area (Å²) in [5.41, 5.74) is -1.33. The van der Waals surface area contributed by atoms with Gasteiger partial charge in [0.25, 0.3) is 17.2 Å². The molecule has 1 unspecified atom stereocenters. The third-order valence-electron chi connectivity index (χ3n) is 2.56. The van der Waals surface area contributed by atoms with Crippen molar-refractivity contribution in [3.63, 3.8) is 0 Å². The third kappa shape index (κ3) is 3.88. The number of carbonyl (C=O) groups excluding carboxylic acids is 1. The standard InChI is InChI=1S/C11H15N3O5/c1-7(15)3-4-13(2)11(17)9-5-8(14(18)19)6-12-10(9)16/h5-7,15H,3-4H2,1-2H3,(H,12,16). The summed E-state index contributed by atoms with van der Waals surface area (Å²) in [7, 11) is 1.46. The molecule has 1 aromatic rings. The van der Waals surface area contributed by atoms with Crippen LogP contribution in [0.4, 0.5) is 5.69 Å². The molecule has 0 aromatic carbocycles. The molecule has 0 spiro atoms. The minimum absolute atomic E-state index is 0.249. The molecule has 0 radical (unpaired) electrons. The fraction of sp³-hybridized carbons (Fsp3) is 0.455. The van der Waals surface area contributed by atoms with Crippen molar-refractivity contribution in [2.24, 2.45) is 0 Å². The van der Waals surface area contributed by atoms with Crippen LogP contribution >= 0.6 is 0 Å². The second-order valence-corrected chi connectivity index (χ2v) is 4.22. The van der Waals surface area contributed by atoms with E-state index in [0.29, 0.717) is 6.42 Å². The lowest BCUT2D eigenvalue weighted by atomic mass is 10.2. The number of carbonyl (C=O) groups is 1. The molecular weight excluding hydrogens is 254 g/mol. The van der Waals surface area contributed by atoms with E-state index in [1.54, 1.807) is 6.92 Å². The molecule has 1 aromatic heterocycles. The molecule has 0 saturated carbocycles. The first kappa shape index (κ1) is 14.8. The SMILES string of the molecule is CC(O)CCN(C)C(=O)c1cc([N+](=O)[O-])c[nH]c1=O. The number of pyridine rings is 1. The van der Waals surface area contributed by atoms with Gasteiger partial charge in [0.2, 0.25) is 0 Å². The Morgan fingerprint density at radius 2 is 2.26 bits per heavy atom. The number of rotatable bonds is 5. The van der Waals surface area contributed by atoms with Gasteiger partial charge in [0.05, 0.1) is 17.2 Å². The average Bonchev–Trinajstić information content (AvgIpc) is 2.35. The molecule has 1 atom stereocenters. The number of hydrogen-bond donors (Lipinski definition) is 2. The van der Waals surface area contributed by atoms with Crippen LogP contribution in [0.25, 0.3) is 0 Å². The van der Waals surface area contributed by atoms with Crippen molar-refractivity contribution in [2.75, 3.05) is 13.6 Å². The van der Waals surface area contributed by atoms with Crippen molar-refractivity contribution in [2.45, 2.75) is 19.4 Å². The Hall–Kier alpha value is -2.22. The Kier molecular flexibility index (Phi) is 4.76. The van der Waals surface area contributed by atoms with Crippen LogP contribution in [0.5, 0.6) is 0 Å². The van der Waals surface area contributed by atoms with Gasteiger partial charge >= 0.3 is 0 Å². The summed E-state index contributed by atoms with van der Waals surface area (Å²) in [6.45, 7) is 1.83. The molecule has 1 amide bonds. The van der Waals surface area contributed by atoms with Gasteiger partial charge in [0, 0.05) is 19.7 Å². The molecular formula is C11H15N3O5. The molecule has 8 nitrogen and oxygen atoms in total. The lowest BCUT2D eigenvalue weighted by Crippen LogP contribution is -2.33. The molecule has 2 N–H and O–H groups in total. The fourth-order valence-corrected chi connectivity index (χ4v) is 1.42. The second-order valence-electron chi connectivity index (χ2n) is 4.22. The van der Waals surface area contributed by atoms with E-state index in [9.17, 15) is 19.7 Å². The monoisotopic (exact) mass is 269 g/mol. The van der Waals surface area contributed by atoms with Gasteiger partial charge in [-0.3, -0.25) is 19.7 Å². The molecule has 0 bridgehead atoms. The van der Waals surface area contributed by atoms with Crippen molar-refractivity contribution in [1.82, 2.24) is 9.88 Å². The number of aliphatic hydroxyl groups is 1. The van der Waals surface area contributed by atoms with Crippen LogP contribution in [-0.2, 0) is 0 Å². The lowest BCUT2D eigenvalue weighted by molar-refractivity contribution is -0.385. The molecule has 8 heteroatoms. The maximum Gasteiger partial charge on any atom is 0.286 e. The van der Waals surface area contributed by atoms with E-state index in [-0.39, 0.29) is 17.8 Å². The summed E-state index contributed by atoms with van der Waals surface area (Å²) in [5, 5.41) is 19.7. The number of amides is 1. The molecule has 0 fully saturated rings. The molecule has 19 heavy (non-hydrogen) atoms. The van der Waals surface area contributed by atoms with E-state index in [4.69, 9.17) is 5.11 Å². The van der Waals surface area contributed by atoms with Crippen molar-refractivity contribution < 1.29 is 14.8 Å². The topological polar surface area (TPSA) is 117 Å². The summed E-state index contributed by atoms with van der Waals surface area (Å²) in [5.74, 6) is -0.620. The summed E-state index contributed by atoms with van der Waals surface area (Å²) < 4.78 is 0. The number of nitro groups is 1. The van der Waals surface area contributed by atoms with Crippen molar-refractivity contribution in [1.29, 1.82) is 0 Å². The maximum absolute atomic E-state index is 12.0. The quantitative estimate of drug-likeness (QED) is 0.582. The lowest BCUT2D eigenvalue weighted by Gasteiger charge is -2.17. The molecule has 1 heterocycles. The van der Waals surface area contributed by atoms with Gasteiger partial charge in [0.15, 0.2) is 0 Å². The first-order chi connectivity index (χ1) is 8.82. The van der Waals surface area contributed by atoms with Crippen molar-refractivity contribution in [3.8, 4) is 0 Å². The fourth-order valence-electron chi connectivity index (χ4n) is 1.42. The zero-order valence-corrected chi connectivity index (χ0v) is 10.6. The van der Waals surface area contributed by atoms with E-state index in [0.717, 1.165) is 12.3 Å². The van der Waals surface area contributed by atoms with E-state index >= 15 is 0 Å². The number of aromatic amines is 1. The highest BCUT2D eigenvalue weighted by molar-refractivity contribution is 5.94. The van der Waals surface area contributed by atoms with Gasteiger partial charge in [-0.1, -0.05) is 0 Å². The molecule has 0 saturated heterocycles. The number of aliphatic hydroxyl groups excluding tert-OH is 1. The predicted molar refractivity (Wildman–Crippen MR) is 67.0 cm³/mol. The Labute approximate surface area is 108 Å². The largest absolute Gasteiger partial charge is 0.393 e. The zero-order chi connectivity index (χ0) is 14.6. The number of H-pyrrole nitrogens is 1. The van der Waals surface area contributed by atoms with Crippen LogP contribution in [0.2, 0.25) is 0 Å². The third-order valence-corrected chi connectivity index (χ3v) is 2.56. The summed E-state index contributed by atoms with van der Waals surface area (Å²) >= 11 is 0. The minimum atomic E-state index is -0.692. The molecule has 0 aliphatic rings. The molecule has 104 valence electrons. The normalized spacial score (nSPS) is 11.9. The highest BCUT2D eigenvalue weighted by Gasteiger charge is 2.19. The minimum Gasteiger partial charge on any atom is -0.393 e. The van der Waals surface area contributed by atoms with Gasteiger partial charge in [-0.15, -0.1) is 0 Å². The zero-order valence-electron chi connectivity index (χ0n) is 10.6. The Balaban J connectivity index is 2.95. The van der Waals surface area contributed by atoms with Gasteiger partial charge in [-0.25, -0.2) is 0 Å². The first-order valence-electron chi connectivity index (χ1n) is 5.63. The predicted octanol–water partition coefficient (Wildman–Crippen LogP) is 0.126. The van der Waals surface area contributed by atoms with Gasteiger partial charge < -0.3 is 15.0 Å². The maximum atomic E-state index is 12.0. The van der Waals surface area contributed by atoms with Crippen molar-refractivity contribution in [3.05, 3.63) is 38.3 Å². The number of nitrogens with zero attached hydrogens (tertiary/aromatic N) is 2. The molecule has 1 rings (SSSR count). The number of nitrogens with one attached hydrogen (secondary N) is 1. The Morgan fingerprint density at radius 3 is 2.79 bits per heavy atom. The highest BCUT2D eigenvalue weighted by atomic mass is 16.6. The van der Waals surface area contributed by atoms with Gasteiger partial charge in [-0.2, -0.15) is 0 Å². The van der Waals surface area contributed by atoms with Crippen LogP contribution in [0.15, 0.2) is 17.1 Å². The van der Waals surface area contributed by atoms with E-state index in [1.165, 1.54) is 11.9 Å². The number of hydrogen-bond acceptors (Lipinski definition) is 5.